The molecular formula is C15H16NO3Pt-. The van der Waals surface area contributed by atoms with E-state index >= 15 is 0 Å². The molecule has 20 heavy (non-hydrogen) atoms. The number of carboxylic acid groups (broad SMARTS) is 1. The summed E-state index contributed by atoms with van der Waals surface area (Å²) in [6.07, 6.45) is 1.79. The number of pyridine rings is 1. The van der Waals surface area contributed by atoms with Crippen molar-refractivity contribution in [3.05, 3.63) is 54.7 Å². The largest absolute Gasteiger partial charge is 0.479 e. The summed E-state index contributed by atoms with van der Waals surface area (Å²) in [5, 5.41) is 16.5. The number of nitrogens with zero attached hydrogens (tertiary/aromatic N) is 1. The second kappa shape index (κ2) is 8.62. The van der Waals surface area contributed by atoms with E-state index < -0.39 is 11.6 Å². The normalized spacial score (nSPS) is 9.75. The Bertz CT molecular complexity index is 472. The molecule has 0 aliphatic rings. The average Bonchev–Trinajstić information content (AvgIpc) is 2.40. The van der Waals surface area contributed by atoms with Gasteiger partial charge in [-0.15, -0.1) is 35.9 Å². The molecule has 0 amide bonds. The van der Waals surface area contributed by atoms with Gasteiger partial charge in [0.1, 0.15) is 0 Å². The Morgan fingerprint density at radius 1 is 1.20 bits per heavy atom. The third kappa shape index (κ3) is 6.60. The summed E-state index contributed by atoms with van der Waals surface area (Å²) in [5.74, 6) is -1.20. The minimum Gasteiger partial charge on any atom is -0.479 e. The van der Waals surface area contributed by atoms with Crippen molar-refractivity contribution in [3.8, 4) is 11.3 Å². The van der Waals surface area contributed by atoms with Crippen LogP contribution >= 0.6 is 0 Å². The number of aromatic nitrogens is 1. The number of aliphatic carboxylic acids is 1. The van der Waals surface area contributed by atoms with Gasteiger partial charge in [0.15, 0.2) is 5.60 Å². The van der Waals surface area contributed by atoms with Crippen molar-refractivity contribution < 1.29 is 36.1 Å². The summed E-state index contributed by atoms with van der Waals surface area (Å²) < 4.78 is 0. The molecule has 0 bridgehead atoms. The van der Waals surface area contributed by atoms with Crippen molar-refractivity contribution in [2.75, 3.05) is 0 Å². The van der Waals surface area contributed by atoms with Gasteiger partial charge in [-0.2, -0.15) is 0 Å². The summed E-state index contributed by atoms with van der Waals surface area (Å²) in [6.45, 7) is 2.44. The van der Waals surface area contributed by atoms with Gasteiger partial charge in [-0.3, -0.25) is 0 Å². The number of aliphatic hydroxyl groups is 1. The Balaban J connectivity index is 0.000000396. The van der Waals surface area contributed by atoms with E-state index in [1.807, 2.05) is 42.5 Å². The average molecular weight is 453 g/mol. The molecule has 110 valence electrons. The number of hydrogen-bond donors (Lipinski definition) is 2. The van der Waals surface area contributed by atoms with Crippen LogP contribution in [0.3, 0.4) is 0 Å². The first-order valence-electron chi connectivity index (χ1n) is 5.75. The SMILES string of the molecule is CC(C)(O)C(=O)O.[Pt].[c-]1ccccc1-c1ccccn1. The van der Waals surface area contributed by atoms with Crippen molar-refractivity contribution in [2.24, 2.45) is 0 Å². The van der Waals surface area contributed by atoms with Crippen LogP contribution in [-0.2, 0) is 25.9 Å². The number of hydrogen-bond acceptors (Lipinski definition) is 3. The van der Waals surface area contributed by atoms with Crippen LogP contribution in [0.15, 0.2) is 48.7 Å². The predicted octanol–water partition coefficient (Wildman–Crippen LogP) is 2.39. The van der Waals surface area contributed by atoms with Gasteiger partial charge >= 0.3 is 5.97 Å². The number of benzene rings is 1. The molecule has 4 nitrogen and oxygen atoms in total. The Hall–Kier alpha value is -1.51. The van der Waals surface area contributed by atoms with Crippen LogP contribution in [0.4, 0.5) is 0 Å². The van der Waals surface area contributed by atoms with E-state index in [0.29, 0.717) is 0 Å². The van der Waals surface area contributed by atoms with Crippen LogP contribution in [-0.4, -0.2) is 26.8 Å². The molecule has 0 aliphatic carbocycles. The van der Waals surface area contributed by atoms with E-state index in [-0.39, 0.29) is 21.1 Å². The predicted molar refractivity (Wildman–Crippen MR) is 72.4 cm³/mol. The number of rotatable bonds is 2. The van der Waals surface area contributed by atoms with Gasteiger partial charge in [-0.25, -0.2) is 4.79 Å². The molecule has 0 saturated carbocycles. The van der Waals surface area contributed by atoms with Crippen LogP contribution in [0.25, 0.3) is 11.3 Å². The molecule has 0 spiro atoms. The van der Waals surface area contributed by atoms with Crippen molar-refractivity contribution in [3.63, 3.8) is 0 Å². The quantitative estimate of drug-likeness (QED) is 0.686. The van der Waals surface area contributed by atoms with Gasteiger partial charge in [0.25, 0.3) is 0 Å². The standard InChI is InChI=1S/C11H8N.C4H8O3.Pt/c1-2-6-10(7-3-1)11-8-4-5-9-12-11;1-4(2,7)3(5)6;/h1-6,8-9H;7H,1-2H3,(H,5,6);/q-1;;. The molecule has 0 unspecified atom stereocenters. The topological polar surface area (TPSA) is 70.4 Å². The first-order chi connectivity index (χ1) is 8.91. The van der Waals surface area contributed by atoms with Crippen LogP contribution in [0.2, 0.25) is 0 Å². The molecule has 0 saturated heterocycles. The first kappa shape index (κ1) is 18.5. The van der Waals surface area contributed by atoms with Crippen LogP contribution in [0.5, 0.6) is 0 Å². The molecular weight excluding hydrogens is 437 g/mol. The van der Waals surface area contributed by atoms with E-state index in [9.17, 15) is 4.79 Å². The summed E-state index contributed by atoms with van der Waals surface area (Å²) in [6, 6.07) is 16.8. The number of carbonyl (C=O) groups is 1. The second-order valence-corrected chi connectivity index (χ2v) is 4.36. The third-order valence-corrected chi connectivity index (χ3v) is 2.17. The molecule has 2 N–H and O–H groups in total. The maximum Gasteiger partial charge on any atom is 0.335 e. The molecule has 1 aromatic heterocycles. The minimum absolute atomic E-state index is 0. The maximum atomic E-state index is 9.77. The van der Waals surface area contributed by atoms with Crippen molar-refractivity contribution in [2.45, 2.75) is 19.4 Å². The van der Waals surface area contributed by atoms with Crippen LogP contribution in [0, 0.1) is 6.07 Å². The molecule has 0 aliphatic heterocycles. The molecule has 2 rings (SSSR count). The summed E-state index contributed by atoms with van der Waals surface area (Å²) >= 11 is 0. The van der Waals surface area contributed by atoms with Crippen LogP contribution in [0.1, 0.15) is 13.8 Å². The fraction of sp³-hybridized carbons (Fsp3) is 0.200. The van der Waals surface area contributed by atoms with Gasteiger partial charge in [0, 0.05) is 27.3 Å². The van der Waals surface area contributed by atoms with Gasteiger partial charge in [0.05, 0.1) is 0 Å². The molecule has 1 aromatic carbocycles. The van der Waals surface area contributed by atoms with Crippen molar-refractivity contribution >= 4 is 5.97 Å². The van der Waals surface area contributed by atoms with E-state index in [1.54, 1.807) is 6.20 Å². The Morgan fingerprint density at radius 2 is 1.80 bits per heavy atom. The zero-order valence-electron chi connectivity index (χ0n) is 11.2. The monoisotopic (exact) mass is 453 g/mol. The zero-order valence-corrected chi connectivity index (χ0v) is 13.5. The molecule has 2 aromatic rings. The molecule has 1 heterocycles. The van der Waals surface area contributed by atoms with E-state index in [2.05, 4.69) is 11.1 Å². The Kier molecular flexibility index (Phi) is 7.97. The molecule has 0 radical (unpaired) electrons. The van der Waals surface area contributed by atoms with Gasteiger partial charge in [0.2, 0.25) is 0 Å². The van der Waals surface area contributed by atoms with Gasteiger partial charge in [-0.1, -0.05) is 12.1 Å². The summed E-state index contributed by atoms with van der Waals surface area (Å²) in [4.78, 5) is 14.0. The third-order valence-electron chi connectivity index (χ3n) is 2.17. The number of carboxylic acids is 1. The van der Waals surface area contributed by atoms with E-state index in [0.717, 1.165) is 11.3 Å². The van der Waals surface area contributed by atoms with E-state index in [4.69, 9.17) is 10.2 Å². The fourth-order valence-corrected chi connectivity index (χ4v) is 1.07. The summed E-state index contributed by atoms with van der Waals surface area (Å²) in [7, 11) is 0. The summed E-state index contributed by atoms with van der Waals surface area (Å²) in [5.41, 5.74) is 0.427. The maximum absolute atomic E-state index is 9.77. The molecule has 5 heteroatoms. The fourth-order valence-electron chi connectivity index (χ4n) is 1.07. The second-order valence-electron chi connectivity index (χ2n) is 4.36. The van der Waals surface area contributed by atoms with Gasteiger partial charge in [-0.05, 0) is 25.6 Å². The Labute approximate surface area is 132 Å². The zero-order chi connectivity index (χ0) is 14.3. The molecule has 0 fully saturated rings. The first-order valence-corrected chi connectivity index (χ1v) is 5.75. The Morgan fingerprint density at radius 3 is 2.20 bits per heavy atom. The molecule has 0 atom stereocenters. The van der Waals surface area contributed by atoms with Crippen molar-refractivity contribution in [1.82, 2.24) is 4.98 Å². The van der Waals surface area contributed by atoms with E-state index in [1.165, 1.54) is 13.8 Å². The van der Waals surface area contributed by atoms with Crippen LogP contribution < -0.4 is 0 Å². The minimum atomic E-state index is -1.58. The smallest absolute Gasteiger partial charge is 0.335 e. The van der Waals surface area contributed by atoms with Crippen molar-refractivity contribution in [1.29, 1.82) is 0 Å². The van der Waals surface area contributed by atoms with Gasteiger partial charge < -0.3 is 15.2 Å².